The fourth-order valence-corrected chi connectivity index (χ4v) is 2.74. The maximum atomic E-state index is 12.8. The molecule has 2 rings (SSSR count). The summed E-state index contributed by atoms with van der Waals surface area (Å²) in [6.07, 6.45) is -4.42. The average Bonchev–Trinajstić information content (AvgIpc) is 2.91. The van der Waals surface area contributed by atoms with E-state index < -0.39 is 17.7 Å². The summed E-state index contributed by atoms with van der Waals surface area (Å²) < 4.78 is 38.3. The molecule has 1 heterocycles. The van der Waals surface area contributed by atoms with Crippen molar-refractivity contribution < 1.29 is 27.6 Å². The number of hydrogen-bond donors (Lipinski definition) is 2. The number of likely N-dealkylation sites (tertiary alicyclic amines) is 1. The number of rotatable bonds is 6. The number of nitrogens with zero attached hydrogens (tertiary/aromatic N) is 1. The Labute approximate surface area is 148 Å². The maximum absolute atomic E-state index is 12.8. The molecule has 0 saturated carbocycles. The molecular weight excluding hydrogens is 351 g/mol. The molecule has 9 heteroatoms. The Morgan fingerprint density at radius 1 is 1.23 bits per heavy atom. The molecule has 0 aliphatic carbocycles. The van der Waals surface area contributed by atoms with Crippen LogP contribution in [0.25, 0.3) is 0 Å². The summed E-state index contributed by atoms with van der Waals surface area (Å²) in [7, 11) is 0. The lowest BCUT2D eigenvalue weighted by Gasteiger charge is -2.17. The normalized spacial score (nSPS) is 17.3. The molecule has 1 fully saturated rings. The van der Waals surface area contributed by atoms with Gasteiger partial charge >= 0.3 is 6.18 Å². The van der Waals surface area contributed by atoms with E-state index in [-0.39, 0.29) is 50.3 Å². The highest BCUT2D eigenvalue weighted by Gasteiger charge is 2.35. The zero-order chi connectivity index (χ0) is 19.3. The number of nitrogens with one attached hydrogen (secondary N) is 2. The number of carbonyl (C=O) groups excluding carboxylic acids is 3. The second-order valence-corrected chi connectivity index (χ2v) is 6.15. The van der Waals surface area contributed by atoms with Crippen LogP contribution in [0.1, 0.15) is 24.5 Å². The van der Waals surface area contributed by atoms with Crippen molar-refractivity contribution in [2.75, 3.05) is 19.6 Å². The van der Waals surface area contributed by atoms with Crippen LogP contribution in [0, 0.1) is 5.92 Å². The van der Waals surface area contributed by atoms with E-state index in [0.717, 1.165) is 12.1 Å². The molecule has 0 spiro atoms. The Bertz CT molecular complexity index is 691. The van der Waals surface area contributed by atoms with Gasteiger partial charge in [0.15, 0.2) is 0 Å². The molecule has 0 radical (unpaired) electrons. The van der Waals surface area contributed by atoms with Crippen LogP contribution in [0.4, 0.5) is 13.2 Å². The maximum Gasteiger partial charge on any atom is 0.416 e. The van der Waals surface area contributed by atoms with Crippen molar-refractivity contribution in [2.45, 2.75) is 26.1 Å². The van der Waals surface area contributed by atoms with Gasteiger partial charge in [-0.2, -0.15) is 13.2 Å². The second kappa shape index (κ2) is 8.20. The van der Waals surface area contributed by atoms with Crippen LogP contribution >= 0.6 is 0 Å². The number of halogens is 3. The molecule has 0 bridgehead atoms. The number of carbonyl (C=O) groups is 3. The molecule has 1 atom stereocenters. The molecule has 6 nitrogen and oxygen atoms in total. The van der Waals surface area contributed by atoms with Crippen LogP contribution in [0.5, 0.6) is 0 Å². The Balaban J connectivity index is 1.89. The number of alkyl halides is 3. The fraction of sp³-hybridized carbons (Fsp3) is 0.471. The molecule has 26 heavy (non-hydrogen) atoms. The van der Waals surface area contributed by atoms with Gasteiger partial charge in [0.25, 0.3) is 0 Å². The van der Waals surface area contributed by atoms with E-state index in [2.05, 4.69) is 10.6 Å². The first-order valence-corrected chi connectivity index (χ1v) is 8.13. The average molecular weight is 371 g/mol. The van der Waals surface area contributed by atoms with Crippen LogP contribution in [0.15, 0.2) is 24.3 Å². The summed E-state index contributed by atoms with van der Waals surface area (Å²) in [6.45, 7) is 2.08. The topological polar surface area (TPSA) is 78.5 Å². The van der Waals surface area contributed by atoms with Crippen molar-refractivity contribution >= 4 is 17.7 Å². The summed E-state index contributed by atoms with van der Waals surface area (Å²) in [6, 6.07) is 4.79. The zero-order valence-electron chi connectivity index (χ0n) is 14.2. The smallest absolute Gasteiger partial charge is 0.355 e. The highest BCUT2D eigenvalue weighted by atomic mass is 19.4. The van der Waals surface area contributed by atoms with E-state index in [1.807, 2.05) is 0 Å². The summed E-state index contributed by atoms with van der Waals surface area (Å²) in [4.78, 5) is 36.3. The number of benzene rings is 1. The Hall–Kier alpha value is -2.58. The Morgan fingerprint density at radius 2 is 1.92 bits per heavy atom. The Kier molecular flexibility index (Phi) is 6.23. The molecule has 3 amide bonds. The van der Waals surface area contributed by atoms with Gasteiger partial charge in [0, 0.05) is 39.5 Å². The lowest BCUT2D eigenvalue weighted by atomic mass is 10.1. The van der Waals surface area contributed by atoms with E-state index >= 15 is 0 Å². The SMILES string of the molecule is CC(=O)NCCNC(=O)C1CC(=O)N(Cc2cccc(C(F)(F)F)c2)C1. The molecule has 1 aromatic carbocycles. The van der Waals surface area contributed by atoms with Crippen LogP contribution in [0.2, 0.25) is 0 Å². The predicted molar refractivity (Wildman–Crippen MR) is 86.7 cm³/mol. The zero-order valence-corrected chi connectivity index (χ0v) is 14.2. The van der Waals surface area contributed by atoms with Crippen LogP contribution in [-0.2, 0) is 27.1 Å². The van der Waals surface area contributed by atoms with Crippen molar-refractivity contribution in [1.29, 1.82) is 0 Å². The first kappa shape index (κ1) is 19.7. The minimum Gasteiger partial charge on any atom is -0.355 e. The third-order valence-corrected chi connectivity index (χ3v) is 4.01. The molecule has 142 valence electrons. The summed E-state index contributed by atoms with van der Waals surface area (Å²) in [5.41, 5.74) is -0.409. The van der Waals surface area contributed by atoms with Gasteiger partial charge < -0.3 is 15.5 Å². The van der Waals surface area contributed by atoms with Crippen LogP contribution in [0.3, 0.4) is 0 Å². The molecular formula is C17H20F3N3O3. The van der Waals surface area contributed by atoms with Crippen molar-refractivity contribution in [3.05, 3.63) is 35.4 Å². The summed E-state index contributed by atoms with van der Waals surface area (Å²) in [5.74, 6) is -1.34. The van der Waals surface area contributed by atoms with Crippen molar-refractivity contribution in [2.24, 2.45) is 5.92 Å². The van der Waals surface area contributed by atoms with Gasteiger partial charge in [-0.15, -0.1) is 0 Å². The lowest BCUT2D eigenvalue weighted by molar-refractivity contribution is -0.137. The van der Waals surface area contributed by atoms with Gasteiger partial charge in [0.05, 0.1) is 11.5 Å². The third-order valence-electron chi connectivity index (χ3n) is 4.01. The van der Waals surface area contributed by atoms with Gasteiger partial charge in [0.1, 0.15) is 0 Å². The number of amides is 3. The molecule has 0 aromatic heterocycles. The van der Waals surface area contributed by atoms with E-state index in [1.165, 1.54) is 24.0 Å². The van der Waals surface area contributed by atoms with Crippen molar-refractivity contribution in [1.82, 2.24) is 15.5 Å². The first-order chi connectivity index (χ1) is 12.2. The van der Waals surface area contributed by atoms with Crippen LogP contribution < -0.4 is 10.6 Å². The molecule has 1 unspecified atom stereocenters. The van der Waals surface area contributed by atoms with Gasteiger partial charge in [0.2, 0.25) is 17.7 Å². The highest BCUT2D eigenvalue weighted by Crippen LogP contribution is 2.30. The minimum atomic E-state index is -4.44. The lowest BCUT2D eigenvalue weighted by Crippen LogP contribution is -2.37. The molecule has 2 N–H and O–H groups in total. The second-order valence-electron chi connectivity index (χ2n) is 6.15. The van der Waals surface area contributed by atoms with E-state index in [4.69, 9.17) is 0 Å². The fourth-order valence-electron chi connectivity index (χ4n) is 2.74. The van der Waals surface area contributed by atoms with Crippen molar-refractivity contribution in [3.63, 3.8) is 0 Å². The van der Waals surface area contributed by atoms with E-state index in [1.54, 1.807) is 0 Å². The van der Waals surface area contributed by atoms with Gasteiger partial charge in [-0.3, -0.25) is 14.4 Å². The first-order valence-electron chi connectivity index (χ1n) is 8.13. The standard InChI is InChI=1S/C17H20F3N3O3/c1-11(24)21-5-6-22-16(26)13-8-15(25)23(10-13)9-12-3-2-4-14(7-12)17(18,19)20/h2-4,7,13H,5-6,8-10H2,1H3,(H,21,24)(H,22,26). The predicted octanol–water partition coefficient (Wildman–Crippen LogP) is 1.31. The van der Waals surface area contributed by atoms with Gasteiger partial charge in [-0.25, -0.2) is 0 Å². The Morgan fingerprint density at radius 3 is 2.58 bits per heavy atom. The molecule has 1 aliphatic heterocycles. The molecule has 1 saturated heterocycles. The summed E-state index contributed by atoms with van der Waals surface area (Å²) in [5, 5.41) is 5.17. The van der Waals surface area contributed by atoms with Crippen molar-refractivity contribution in [3.8, 4) is 0 Å². The van der Waals surface area contributed by atoms with E-state index in [9.17, 15) is 27.6 Å². The van der Waals surface area contributed by atoms with Gasteiger partial charge in [-0.05, 0) is 17.7 Å². The van der Waals surface area contributed by atoms with E-state index in [0.29, 0.717) is 5.56 Å². The molecule has 1 aliphatic rings. The van der Waals surface area contributed by atoms with Gasteiger partial charge in [-0.1, -0.05) is 12.1 Å². The largest absolute Gasteiger partial charge is 0.416 e. The highest BCUT2D eigenvalue weighted by molar-refractivity contribution is 5.89. The monoisotopic (exact) mass is 371 g/mol. The third kappa shape index (κ3) is 5.47. The van der Waals surface area contributed by atoms with Crippen LogP contribution in [-0.4, -0.2) is 42.3 Å². The summed E-state index contributed by atoms with van der Waals surface area (Å²) >= 11 is 0. The molecule has 1 aromatic rings. The number of hydrogen-bond acceptors (Lipinski definition) is 3. The minimum absolute atomic E-state index is 0.0188. The quantitative estimate of drug-likeness (QED) is 0.740.